The van der Waals surface area contributed by atoms with E-state index in [9.17, 15) is 0 Å². The molecule has 2 rings (SSSR count). The summed E-state index contributed by atoms with van der Waals surface area (Å²) in [5.74, 6) is 0. The summed E-state index contributed by atoms with van der Waals surface area (Å²) in [7, 11) is 2.14. The monoisotopic (exact) mass is 252 g/mol. The molecule has 0 aromatic heterocycles. The minimum absolute atomic E-state index is 0.0401. The van der Waals surface area contributed by atoms with E-state index in [1.54, 1.807) is 0 Å². The number of rotatable bonds is 3. The highest BCUT2D eigenvalue weighted by molar-refractivity contribution is 6.33. The van der Waals surface area contributed by atoms with Crippen molar-refractivity contribution in [3.8, 4) is 0 Å². The molecule has 0 bridgehead atoms. The Morgan fingerprint density at radius 1 is 1.35 bits per heavy atom. The topological polar surface area (TPSA) is 29.3 Å². The standard InChI is InChI=1S/C14H21ClN2/c1-10(16)11-7-8-14(13(15)9-11)17(2)12-5-3-4-6-12/h7-10,12H,3-6,16H2,1-2H3. The predicted molar refractivity (Wildman–Crippen MR) is 74.7 cm³/mol. The molecule has 3 heteroatoms. The van der Waals surface area contributed by atoms with Gasteiger partial charge in [0.05, 0.1) is 10.7 Å². The van der Waals surface area contributed by atoms with Gasteiger partial charge in [-0.1, -0.05) is 30.5 Å². The zero-order valence-corrected chi connectivity index (χ0v) is 11.4. The Labute approximate surface area is 109 Å². The third-order valence-corrected chi connectivity index (χ3v) is 4.05. The van der Waals surface area contributed by atoms with Gasteiger partial charge in [-0.25, -0.2) is 0 Å². The molecule has 1 atom stereocenters. The van der Waals surface area contributed by atoms with E-state index in [1.165, 1.54) is 25.7 Å². The quantitative estimate of drug-likeness (QED) is 0.888. The molecule has 1 saturated carbocycles. The molecule has 0 spiro atoms. The molecule has 1 fully saturated rings. The maximum absolute atomic E-state index is 6.35. The van der Waals surface area contributed by atoms with Crippen LogP contribution in [0.2, 0.25) is 5.02 Å². The van der Waals surface area contributed by atoms with Crippen molar-refractivity contribution < 1.29 is 0 Å². The summed E-state index contributed by atoms with van der Waals surface area (Å²) in [6, 6.07) is 6.86. The second-order valence-corrected chi connectivity index (χ2v) is 5.46. The summed E-state index contributed by atoms with van der Waals surface area (Å²) < 4.78 is 0. The molecule has 1 unspecified atom stereocenters. The highest BCUT2D eigenvalue weighted by Crippen LogP contribution is 2.33. The number of halogens is 1. The normalized spacial score (nSPS) is 18.4. The van der Waals surface area contributed by atoms with Crippen LogP contribution < -0.4 is 10.6 Å². The van der Waals surface area contributed by atoms with Gasteiger partial charge in [0.15, 0.2) is 0 Å². The average Bonchev–Trinajstić information content (AvgIpc) is 2.81. The molecule has 0 heterocycles. The molecule has 2 nitrogen and oxygen atoms in total. The lowest BCUT2D eigenvalue weighted by molar-refractivity contribution is 0.653. The van der Waals surface area contributed by atoms with Crippen molar-refractivity contribution in [1.29, 1.82) is 0 Å². The van der Waals surface area contributed by atoms with Gasteiger partial charge in [0.2, 0.25) is 0 Å². The van der Waals surface area contributed by atoms with Gasteiger partial charge in [-0.3, -0.25) is 0 Å². The summed E-state index contributed by atoms with van der Waals surface area (Å²) in [5, 5.41) is 0.814. The minimum atomic E-state index is 0.0401. The Bertz CT molecular complexity index is 384. The predicted octanol–water partition coefficient (Wildman–Crippen LogP) is 3.74. The van der Waals surface area contributed by atoms with Crippen molar-refractivity contribution in [1.82, 2.24) is 0 Å². The first-order valence-corrected chi connectivity index (χ1v) is 6.75. The van der Waals surface area contributed by atoms with Gasteiger partial charge in [-0.05, 0) is 37.5 Å². The summed E-state index contributed by atoms with van der Waals surface area (Å²) in [4.78, 5) is 2.32. The highest BCUT2D eigenvalue weighted by Gasteiger charge is 2.21. The molecule has 0 radical (unpaired) electrons. The largest absolute Gasteiger partial charge is 0.370 e. The fourth-order valence-electron chi connectivity index (χ4n) is 2.58. The lowest BCUT2D eigenvalue weighted by atomic mass is 10.1. The molecule has 1 aromatic carbocycles. The fourth-order valence-corrected chi connectivity index (χ4v) is 2.90. The van der Waals surface area contributed by atoms with Crippen LogP contribution in [-0.2, 0) is 0 Å². The molecular formula is C14H21ClN2. The van der Waals surface area contributed by atoms with Gasteiger partial charge in [0.25, 0.3) is 0 Å². The molecule has 0 aliphatic heterocycles. The summed E-state index contributed by atoms with van der Waals surface area (Å²) in [6.07, 6.45) is 5.23. The van der Waals surface area contributed by atoms with E-state index in [0.29, 0.717) is 6.04 Å². The van der Waals surface area contributed by atoms with Crippen LogP contribution in [0.5, 0.6) is 0 Å². The van der Waals surface area contributed by atoms with Crippen molar-refractivity contribution in [2.24, 2.45) is 5.73 Å². The van der Waals surface area contributed by atoms with Gasteiger partial charge < -0.3 is 10.6 Å². The van der Waals surface area contributed by atoms with E-state index in [1.807, 2.05) is 13.0 Å². The van der Waals surface area contributed by atoms with Crippen LogP contribution >= 0.6 is 11.6 Å². The molecule has 0 saturated heterocycles. The van der Waals surface area contributed by atoms with E-state index in [-0.39, 0.29) is 6.04 Å². The van der Waals surface area contributed by atoms with Crippen LogP contribution in [0.25, 0.3) is 0 Å². The number of anilines is 1. The Morgan fingerprint density at radius 3 is 2.53 bits per heavy atom. The van der Waals surface area contributed by atoms with Crippen LogP contribution in [0, 0.1) is 0 Å². The van der Waals surface area contributed by atoms with E-state index in [0.717, 1.165) is 16.3 Å². The molecule has 1 aromatic rings. The molecule has 94 valence electrons. The zero-order valence-electron chi connectivity index (χ0n) is 10.6. The molecule has 17 heavy (non-hydrogen) atoms. The van der Waals surface area contributed by atoms with Crippen LogP contribution in [0.15, 0.2) is 18.2 Å². The summed E-state index contributed by atoms with van der Waals surface area (Å²) in [6.45, 7) is 1.98. The molecule has 1 aliphatic carbocycles. The van der Waals surface area contributed by atoms with Crippen molar-refractivity contribution >= 4 is 17.3 Å². The van der Waals surface area contributed by atoms with E-state index >= 15 is 0 Å². The van der Waals surface area contributed by atoms with Gasteiger partial charge >= 0.3 is 0 Å². The molecule has 2 N–H and O–H groups in total. The number of hydrogen-bond acceptors (Lipinski definition) is 2. The lowest BCUT2D eigenvalue weighted by Crippen LogP contribution is -2.29. The maximum Gasteiger partial charge on any atom is 0.0642 e. The number of nitrogens with zero attached hydrogens (tertiary/aromatic N) is 1. The van der Waals surface area contributed by atoms with E-state index in [2.05, 4.69) is 24.1 Å². The Kier molecular flexibility index (Phi) is 3.95. The lowest BCUT2D eigenvalue weighted by Gasteiger charge is -2.27. The van der Waals surface area contributed by atoms with Gasteiger partial charge in [0.1, 0.15) is 0 Å². The Morgan fingerprint density at radius 2 is 2.00 bits per heavy atom. The van der Waals surface area contributed by atoms with Crippen LogP contribution in [0.3, 0.4) is 0 Å². The molecule has 1 aliphatic rings. The fraction of sp³-hybridized carbons (Fsp3) is 0.571. The van der Waals surface area contributed by atoms with E-state index < -0.39 is 0 Å². The number of hydrogen-bond donors (Lipinski definition) is 1. The van der Waals surface area contributed by atoms with Crippen LogP contribution in [0.4, 0.5) is 5.69 Å². The SMILES string of the molecule is CC(N)c1ccc(N(C)C2CCCC2)c(Cl)c1. The first-order chi connectivity index (χ1) is 8.09. The van der Waals surface area contributed by atoms with Gasteiger partial charge in [-0.2, -0.15) is 0 Å². The van der Waals surface area contributed by atoms with Crippen molar-refractivity contribution in [3.05, 3.63) is 28.8 Å². The van der Waals surface area contributed by atoms with E-state index in [4.69, 9.17) is 17.3 Å². The van der Waals surface area contributed by atoms with Crippen LogP contribution in [0.1, 0.15) is 44.2 Å². The second kappa shape index (κ2) is 5.28. The third-order valence-electron chi connectivity index (χ3n) is 3.75. The summed E-state index contributed by atoms with van der Waals surface area (Å²) in [5.41, 5.74) is 8.08. The maximum atomic E-state index is 6.35. The Hall–Kier alpha value is -0.730. The van der Waals surface area contributed by atoms with Gasteiger partial charge in [-0.15, -0.1) is 0 Å². The number of benzene rings is 1. The smallest absolute Gasteiger partial charge is 0.0642 e. The summed E-state index contributed by atoms with van der Waals surface area (Å²) >= 11 is 6.35. The van der Waals surface area contributed by atoms with Crippen molar-refractivity contribution in [3.63, 3.8) is 0 Å². The van der Waals surface area contributed by atoms with Crippen LogP contribution in [-0.4, -0.2) is 13.1 Å². The second-order valence-electron chi connectivity index (χ2n) is 5.05. The zero-order chi connectivity index (χ0) is 12.4. The minimum Gasteiger partial charge on any atom is -0.370 e. The van der Waals surface area contributed by atoms with Crippen molar-refractivity contribution in [2.45, 2.75) is 44.7 Å². The Balaban J connectivity index is 2.20. The molecular weight excluding hydrogens is 232 g/mol. The van der Waals surface area contributed by atoms with Crippen molar-refractivity contribution in [2.75, 3.05) is 11.9 Å². The first-order valence-electron chi connectivity index (χ1n) is 6.37. The molecule has 0 amide bonds. The highest BCUT2D eigenvalue weighted by atomic mass is 35.5. The van der Waals surface area contributed by atoms with Gasteiger partial charge in [0, 0.05) is 19.1 Å². The number of nitrogens with two attached hydrogens (primary N) is 1. The third kappa shape index (κ3) is 2.75. The average molecular weight is 253 g/mol. The first kappa shape index (κ1) is 12.7.